The van der Waals surface area contributed by atoms with Crippen molar-refractivity contribution in [2.24, 2.45) is 0 Å². The first-order valence-corrected chi connectivity index (χ1v) is 4.90. The maximum absolute atomic E-state index is 2.99. The van der Waals surface area contributed by atoms with E-state index < -0.39 is 0 Å². The summed E-state index contributed by atoms with van der Waals surface area (Å²) >= 11 is 2.28. The van der Waals surface area contributed by atoms with E-state index in [0.29, 0.717) is 0 Å². The van der Waals surface area contributed by atoms with E-state index in [9.17, 15) is 0 Å². The van der Waals surface area contributed by atoms with E-state index in [1.54, 1.807) is 0 Å². The van der Waals surface area contributed by atoms with Crippen molar-refractivity contribution in [1.82, 2.24) is 0 Å². The monoisotopic (exact) mass is 317 g/mol. The van der Waals surface area contributed by atoms with Crippen LogP contribution >= 0.6 is 22.6 Å². The van der Waals surface area contributed by atoms with Crippen LogP contribution in [0.1, 0.15) is 6.42 Å². The molecule has 1 aliphatic carbocycles. The number of rotatable bonds is 0. The van der Waals surface area contributed by atoms with Gasteiger partial charge >= 0.3 is 0 Å². The van der Waals surface area contributed by atoms with Crippen molar-refractivity contribution in [1.29, 1.82) is 0 Å². The second-order valence-corrected chi connectivity index (χ2v) is 3.54. The van der Waals surface area contributed by atoms with Crippen molar-refractivity contribution >= 4 is 22.6 Å². The molecule has 0 heterocycles. The normalized spacial score (nSPS) is 11.5. The average Bonchev–Trinajstić information content (AvgIpc) is 2.62. The Morgan fingerprint density at radius 3 is 2.08 bits per heavy atom. The maximum Gasteiger partial charge on any atom is 0.0130 e. The van der Waals surface area contributed by atoms with Crippen LogP contribution in [0.5, 0.6) is 0 Å². The van der Waals surface area contributed by atoms with Crippen LogP contribution in [-0.4, -0.2) is 0 Å². The Labute approximate surface area is 108 Å². The summed E-state index contributed by atoms with van der Waals surface area (Å²) in [5, 5.41) is 0. The van der Waals surface area contributed by atoms with Crippen LogP contribution in [0.3, 0.4) is 0 Å². The van der Waals surface area contributed by atoms with Crippen LogP contribution in [0, 0.1) is 9.65 Å². The first-order valence-electron chi connectivity index (χ1n) is 3.82. The molecule has 0 unspecified atom stereocenters. The molecular formula is C11H10ITi-. The van der Waals surface area contributed by atoms with Gasteiger partial charge in [0.15, 0.2) is 0 Å². The van der Waals surface area contributed by atoms with Crippen LogP contribution < -0.4 is 0 Å². The van der Waals surface area contributed by atoms with Crippen molar-refractivity contribution in [2.75, 3.05) is 0 Å². The largest absolute Gasteiger partial charge is 0.273 e. The van der Waals surface area contributed by atoms with Crippen LogP contribution in [0.4, 0.5) is 0 Å². The Balaban J connectivity index is 0.000000215. The zero-order chi connectivity index (χ0) is 8.65. The van der Waals surface area contributed by atoms with Gasteiger partial charge in [0.2, 0.25) is 0 Å². The summed E-state index contributed by atoms with van der Waals surface area (Å²) in [4.78, 5) is 0. The summed E-state index contributed by atoms with van der Waals surface area (Å²) in [5.41, 5.74) is 0. The molecule has 0 bridgehead atoms. The third kappa shape index (κ3) is 7.23. The maximum atomic E-state index is 2.99. The molecule has 0 amide bonds. The molecule has 0 nitrogen and oxygen atoms in total. The Morgan fingerprint density at radius 1 is 1.15 bits per heavy atom. The van der Waals surface area contributed by atoms with Gasteiger partial charge in [-0.15, -0.1) is 6.42 Å². The van der Waals surface area contributed by atoms with E-state index in [2.05, 4.69) is 46.9 Å². The molecule has 0 saturated heterocycles. The van der Waals surface area contributed by atoms with Gasteiger partial charge in [0, 0.05) is 25.3 Å². The Kier molecular flexibility index (Phi) is 8.83. The second kappa shape index (κ2) is 8.73. The number of hydrogen-bond acceptors (Lipinski definition) is 0. The molecule has 0 N–H and O–H groups in total. The Morgan fingerprint density at radius 2 is 1.85 bits per heavy atom. The molecule has 0 aliphatic heterocycles. The van der Waals surface area contributed by atoms with E-state index >= 15 is 0 Å². The molecule has 1 aliphatic rings. The molecule has 66 valence electrons. The molecule has 0 saturated carbocycles. The van der Waals surface area contributed by atoms with Gasteiger partial charge in [-0.1, -0.05) is 18.2 Å². The molecule has 1 aromatic carbocycles. The average molecular weight is 317 g/mol. The zero-order valence-electron chi connectivity index (χ0n) is 7.20. The van der Waals surface area contributed by atoms with Crippen LogP contribution in [0.15, 0.2) is 48.6 Å². The molecule has 2 rings (SSSR count). The van der Waals surface area contributed by atoms with Gasteiger partial charge in [0.1, 0.15) is 0 Å². The molecule has 1 aromatic rings. The van der Waals surface area contributed by atoms with E-state index in [0.717, 1.165) is 6.42 Å². The van der Waals surface area contributed by atoms with Gasteiger partial charge in [-0.05, 0) is 34.7 Å². The molecule has 0 aromatic heterocycles. The first-order chi connectivity index (χ1) is 5.89. The Hall–Kier alpha value is 0.144. The minimum Gasteiger partial charge on any atom is -0.273 e. The fourth-order valence-electron chi connectivity index (χ4n) is 0.755. The molecule has 0 spiro atoms. The van der Waals surface area contributed by atoms with Gasteiger partial charge in [0.05, 0.1) is 0 Å². The van der Waals surface area contributed by atoms with Gasteiger partial charge in [0.25, 0.3) is 0 Å². The van der Waals surface area contributed by atoms with E-state index in [-0.39, 0.29) is 21.7 Å². The number of halogens is 1. The fraction of sp³-hybridized carbons (Fsp3) is 0.0909. The Bertz CT molecular complexity index is 255. The topological polar surface area (TPSA) is 0 Å². The molecule has 0 radical (unpaired) electrons. The van der Waals surface area contributed by atoms with E-state index in [4.69, 9.17) is 0 Å². The minimum absolute atomic E-state index is 0. The fourth-order valence-corrected chi connectivity index (χ4v) is 1.17. The quantitative estimate of drug-likeness (QED) is 0.390. The number of allylic oxidation sites excluding steroid dienone is 4. The van der Waals surface area contributed by atoms with E-state index in [1.807, 2.05) is 30.4 Å². The van der Waals surface area contributed by atoms with Crippen molar-refractivity contribution in [3.63, 3.8) is 0 Å². The van der Waals surface area contributed by atoms with Gasteiger partial charge in [-0.2, -0.15) is 6.08 Å². The van der Waals surface area contributed by atoms with Gasteiger partial charge in [-0.3, -0.25) is 6.08 Å². The summed E-state index contributed by atoms with van der Waals surface area (Å²) in [6.45, 7) is 0. The zero-order valence-corrected chi connectivity index (χ0v) is 10.9. The van der Waals surface area contributed by atoms with Crippen LogP contribution in [0.2, 0.25) is 0 Å². The third-order valence-electron chi connectivity index (χ3n) is 1.32. The predicted molar refractivity (Wildman–Crippen MR) is 60.7 cm³/mol. The smallest absolute Gasteiger partial charge is 0.0130 e. The van der Waals surface area contributed by atoms with Crippen molar-refractivity contribution in [2.45, 2.75) is 6.42 Å². The van der Waals surface area contributed by atoms with Crippen molar-refractivity contribution in [3.8, 4) is 0 Å². The molecular weight excluding hydrogens is 307 g/mol. The van der Waals surface area contributed by atoms with Gasteiger partial charge in [-0.25, -0.2) is 12.2 Å². The second-order valence-electron chi connectivity index (χ2n) is 2.30. The molecule has 2 heteroatoms. The van der Waals surface area contributed by atoms with Crippen LogP contribution in [-0.2, 0) is 21.7 Å². The number of hydrogen-bond donors (Lipinski definition) is 0. The summed E-state index contributed by atoms with van der Waals surface area (Å²) in [7, 11) is 0. The SMILES string of the molecule is Ic1ccccc1.[C-]1=CC=CC1.[Ti]. The summed E-state index contributed by atoms with van der Waals surface area (Å²) < 4.78 is 1.29. The summed E-state index contributed by atoms with van der Waals surface area (Å²) in [5.74, 6) is 0. The van der Waals surface area contributed by atoms with Gasteiger partial charge < -0.3 is 0 Å². The molecule has 13 heavy (non-hydrogen) atoms. The first kappa shape index (κ1) is 13.1. The van der Waals surface area contributed by atoms with E-state index in [1.165, 1.54) is 3.57 Å². The third-order valence-corrected chi connectivity index (χ3v) is 2.04. The minimum atomic E-state index is 0. The molecule has 0 fully saturated rings. The summed E-state index contributed by atoms with van der Waals surface area (Å²) in [6.07, 6.45) is 10.0. The molecule has 0 atom stereocenters. The predicted octanol–water partition coefficient (Wildman–Crippen LogP) is 3.59. The van der Waals surface area contributed by atoms with Crippen molar-refractivity contribution in [3.05, 3.63) is 58.2 Å². The summed E-state index contributed by atoms with van der Waals surface area (Å²) in [6, 6.07) is 10.2. The number of benzene rings is 1. The standard InChI is InChI=1S/C6H5I.C5H5.Ti/c7-6-4-2-1-3-5-6;1-2-4-5-3-1;/h1-5H;1-3H,4H2;/q;-1;. The van der Waals surface area contributed by atoms with Crippen molar-refractivity contribution < 1.29 is 21.7 Å². The van der Waals surface area contributed by atoms with Crippen LogP contribution in [0.25, 0.3) is 0 Å².